The number of hydrogen-bond acceptors (Lipinski definition) is 0. The first kappa shape index (κ1) is 9.62. The second kappa shape index (κ2) is 4.53. The van der Waals surface area contributed by atoms with Crippen LogP contribution in [0.1, 0.15) is 29.5 Å². The topological polar surface area (TPSA) is 0 Å². The van der Waals surface area contributed by atoms with Gasteiger partial charge in [-0.25, -0.2) is 0 Å². The van der Waals surface area contributed by atoms with Crippen molar-refractivity contribution in [1.29, 1.82) is 0 Å². The molecule has 0 bridgehead atoms. The summed E-state index contributed by atoms with van der Waals surface area (Å²) in [5.41, 5.74) is 4.09. The predicted molar refractivity (Wildman–Crippen MR) is 60.7 cm³/mol. The van der Waals surface area contributed by atoms with Crippen molar-refractivity contribution < 1.29 is 0 Å². The highest BCUT2D eigenvalue weighted by Gasteiger charge is 2.08. The third-order valence-electron chi connectivity index (χ3n) is 2.65. The van der Waals surface area contributed by atoms with Gasteiger partial charge >= 0.3 is 0 Å². The lowest BCUT2D eigenvalue weighted by atomic mass is 9.90. The van der Waals surface area contributed by atoms with E-state index in [9.17, 15) is 0 Å². The summed E-state index contributed by atoms with van der Waals surface area (Å²) < 4.78 is 0. The van der Waals surface area contributed by atoms with E-state index < -0.39 is 0 Å². The molecule has 0 N–H and O–H groups in total. The SMILES string of the molecule is ClCC#Cc1ccc2c(c1)CCCC2. The quantitative estimate of drug-likeness (QED) is 0.450. The van der Waals surface area contributed by atoms with Crippen LogP contribution in [0.3, 0.4) is 0 Å². The predicted octanol–water partition coefficient (Wildman–Crippen LogP) is 3.16. The molecular weight excluding hydrogens is 192 g/mol. The van der Waals surface area contributed by atoms with E-state index in [2.05, 4.69) is 30.0 Å². The van der Waals surface area contributed by atoms with Crippen molar-refractivity contribution in [2.24, 2.45) is 0 Å². The molecule has 0 saturated heterocycles. The molecule has 0 nitrogen and oxygen atoms in total. The summed E-state index contributed by atoms with van der Waals surface area (Å²) in [6.07, 6.45) is 5.10. The molecule has 1 heteroatoms. The minimum absolute atomic E-state index is 0.414. The fourth-order valence-corrected chi connectivity index (χ4v) is 2.01. The number of alkyl halides is 1. The average molecular weight is 205 g/mol. The van der Waals surface area contributed by atoms with Crippen LogP contribution in [-0.4, -0.2) is 5.88 Å². The second-order valence-corrected chi connectivity index (χ2v) is 3.89. The van der Waals surface area contributed by atoms with Crippen molar-refractivity contribution in [3.63, 3.8) is 0 Å². The van der Waals surface area contributed by atoms with E-state index in [1.54, 1.807) is 0 Å². The van der Waals surface area contributed by atoms with E-state index in [4.69, 9.17) is 11.6 Å². The molecule has 0 fully saturated rings. The van der Waals surface area contributed by atoms with Crippen LogP contribution in [-0.2, 0) is 12.8 Å². The highest BCUT2D eigenvalue weighted by atomic mass is 35.5. The first-order valence-corrected chi connectivity index (χ1v) is 5.60. The summed E-state index contributed by atoms with van der Waals surface area (Å²) in [7, 11) is 0. The molecule has 2 rings (SSSR count). The van der Waals surface area contributed by atoms with E-state index >= 15 is 0 Å². The standard InChI is InChI=1S/C13H13Cl/c14-9-3-4-11-7-8-12-5-1-2-6-13(12)10-11/h7-8,10H,1-2,5-6,9H2. The summed E-state index contributed by atoms with van der Waals surface area (Å²) in [4.78, 5) is 0. The number of aryl methyl sites for hydroxylation is 2. The first-order chi connectivity index (χ1) is 6.90. The van der Waals surface area contributed by atoms with E-state index in [0.29, 0.717) is 5.88 Å². The van der Waals surface area contributed by atoms with Crippen LogP contribution in [0, 0.1) is 11.8 Å². The zero-order chi connectivity index (χ0) is 9.80. The number of fused-ring (bicyclic) bond motifs is 1. The van der Waals surface area contributed by atoms with E-state index in [0.717, 1.165) is 5.56 Å². The van der Waals surface area contributed by atoms with E-state index in [1.165, 1.54) is 36.8 Å². The van der Waals surface area contributed by atoms with Gasteiger partial charge < -0.3 is 0 Å². The minimum atomic E-state index is 0.414. The summed E-state index contributed by atoms with van der Waals surface area (Å²) in [5.74, 6) is 6.36. The van der Waals surface area contributed by atoms with Crippen molar-refractivity contribution >= 4 is 11.6 Å². The molecule has 0 aromatic heterocycles. The fourth-order valence-electron chi connectivity index (χ4n) is 1.95. The number of rotatable bonds is 0. The molecule has 0 unspecified atom stereocenters. The van der Waals surface area contributed by atoms with Crippen LogP contribution in [0.5, 0.6) is 0 Å². The van der Waals surface area contributed by atoms with Crippen LogP contribution in [0.4, 0.5) is 0 Å². The molecule has 0 spiro atoms. The molecule has 0 saturated carbocycles. The van der Waals surface area contributed by atoms with Crippen LogP contribution in [0.25, 0.3) is 0 Å². The first-order valence-electron chi connectivity index (χ1n) is 5.07. The smallest absolute Gasteiger partial charge is 0.0839 e. The molecule has 0 aliphatic heterocycles. The normalized spacial score (nSPS) is 14.1. The lowest BCUT2D eigenvalue weighted by Crippen LogP contribution is -2.02. The number of benzene rings is 1. The molecule has 0 amide bonds. The van der Waals surface area contributed by atoms with Gasteiger partial charge in [-0.05, 0) is 48.9 Å². The molecule has 0 heterocycles. The van der Waals surface area contributed by atoms with Gasteiger partial charge in [-0.15, -0.1) is 11.6 Å². The Labute approximate surface area is 90.3 Å². The summed E-state index contributed by atoms with van der Waals surface area (Å²) in [5, 5.41) is 0. The molecule has 1 aliphatic rings. The third-order valence-corrected chi connectivity index (χ3v) is 2.78. The van der Waals surface area contributed by atoms with Gasteiger partial charge in [0.05, 0.1) is 5.88 Å². The van der Waals surface area contributed by atoms with Gasteiger partial charge in [0.15, 0.2) is 0 Å². The third kappa shape index (κ3) is 2.11. The Kier molecular flexibility index (Phi) is 3.11. The highest BCUT2D eigenvalue weighted by molar-refractivity contribution is 6.19. The fraction of sp³-hybridized carbons (Fsp3) is 0.385. The average Bonchev–Trinajstić information content (AvgIpc) is 2.26. The van der Waals surface area contributed by atoms with Crippen molar-refractivity contribution in [3.05, 3.63) is 34.9 Å². The Bertz CT molecular complexity index is 382. The van der Waals surface area contributed by atoms with Gasteiger partial charge in [0.25, 0.3) is 0 Å². The summed E-state index contributed by atoms with van der Waals surface area (Å²) in [6, 6.07) is 6.53. The van der Waals surface area contributed by atoms with Crippen LogP contribution in [0.15, 0.2) is 18.2 Å². The Morgan fingerprint density at radius 3 is 2.71 bits per heavy atom. The number of hydrogen-bond donors (Lipinski definition) is 0. The summed E-state index contributed by atoms with van der Waals surface area (Å²) >= 11 is 5.52. The molecular formula is C13H13Cl. The van der Waals surface area contributed by atoms with Gasteiger partial charge in [-0.3, -0.25) is 0 Å². The largest absolute Gasteiger partial charge is 0.113 e. The Morgan fingerprint density at radius 1 is 1.14 bits per heavy atom. The molecule has 72 valence electrons. The molecule has 1 aromatic rings. The van der Waals surface area contributed by atoms with Crippen molar-refractivity contribution in [2.75, 3.05) is 5.88 Å². The zero-order valence-electron chi connectivity index (χ0n) is 8.15. The molecule has 14 heavy (non-hydrogen) atoms. The Balaban J connectivity index is 2.29. The lowest BCUT2D eigenvalue weighted by Gasteiger charge is -2.15. The van der Waals surface area contributed by atoms with Gasteiger partial charge in [0.2, 0.25) is 0 Å². The van der Waals surface area contributed by atoms with Gasteiger partial charge in [0, 0.05) is 5.56 Å². The van der Waals surface area contributed by atoms with E-state index in [-0.39, 0.29) is 0 Å². The van der Waals surface area contributed by atoms with E-state index in [1.807, 2.05) is 0 Å². The van der Waals surface area contributed by atoms with Crippen molar-refractivity contribution in [2.45, 2.75) is 25.7 Å². The summed E-state index contributed by atoms with van der Waals surface area (Å²) in [6.45, 7) is 0. The van der Waals surface area contributed by atoms with Crippen molar-refractivity contribution in [3.8, 4) is 11.8 Å². The Morgan fingerprint density at radius 2 is 1.93 bits per heavy atom. The molecule has 1 aliphatic carbocycles. The lowest BCUT2D eigenvalue weighted by molar-refractivity contribution is 0.685. The monoisotopic (exact) mass is 204 g/mol. The molecule has 0 radical (unpaired) electrons. The maximum atomic E-state index is 5.52. The zero-order valence-corrected chi connectivity index (χ0v) is 8.90. The van der Waals surface area contributed by atoms with Gasteiger partial charge in [0.1, 0.15) is 0 Å². The minimum Gasteiger partial charge on any atom is -0.113 e. The second-order valence-electron chi connectivity index (χ2n) is 3.63. The maximum Gasteiger partial charge on any atom is 0.0839 e. The van der Waals surface area contributed by atoms with Crippen molar-refractivity contribution in [1.82, 2.24) is 0 Å². The molecule has 0 atom stereocenters. The maximum absolute atomic E-state index is 5.52. The van der Waals surface area contributed by atoms with Gasteiger partial charge in [-0.2, -0.15) is 0 Å². The highest BCUT2D eigenvalue weighted by Crippen LogP contribution is 2.21. The van der Waals surface area contributed by atoms with Gasteiger partial charge in [-0.1, -0.05) is 17.9 Å². The molecule has 1 aromatic carbocycles. The van der Waals surface area contributed by atoms with Crippen LogP contribution in [0.2, 0.25) is 0 Å². The Hall–Kier alpha value is -0.930. The van der Waals surface area contributed by atoms with Crippen LogP contribution >= 0.6 is 11.6 Å². The van der Waals surface area contributed by atoms with Crippen LogP contribution < -0.4 is 0 Å². The number of halogens is 1.